The van der Waals surface area contributed by atoms with E-state index in [-0.39, 0.29) is 17.2 Å². The number of fused-ring (bicyclic) bond motifs is 1. The van der Waals surface area contributed by atoms with Crippen molar-refractivity contribution in [2.24, 2.45) is 11.8 Å². The predicted molar refractivity (Wildman–Crippen MR) is 102 cm³/mol. The van der Waals surface area contributed by atoms with E-state index < -0.39 is 0 Å². The van der Waals surface area contributed by atoms with Gasteiger partial charge in [0, 0.05) is 13.1 Å². The number of rotatable bonds is 4. The van der Waals surface area contributed by atoms with Gasteiger partial charge < -0.3 is 10.7 Å². The minimum atomic E-state index is -0.278. The molecule has 2 saturated carbocycles. The Morgan fingerprint density at radius 3 is 2.00 bits per heavy atom. The number of nitrogens with one attached hydrogen (secondary N) is 1. The Morgan fingerprint density at radius 1 is 0.885 bits per heavy atom. The highest BCUT2D eigenvalue weighted by Crippen LogP contribution is 2.26. The van der Waals surface area contributed by atoms with E-state index in [0.717, 1.165) is 25.7 Å². The summed E-state index contributed by atoms with van der Waals surface area (Å²) in [5, 5.41) is 0. The van der Waals surface area contributed by atoms with Crippen molar-refractivity contribution in [3.63, 3.8) is 0 Å². The highest BCUT2D eigenvalue weighted by molar-refractivity contribution is 5.72. The Balaban J connectivity index is 1.75. The normalized spacial score (nSPS) is 20.0. The van der Waals surface area contributed by atoms with Gasteiger partial charge in [-0.2, -0.15) is 4.98 Å². The lowest BCUT2D eigenvalue weighted by Crippen LogP contribution is -2.42. The van der Waals surface area contributed by atoms with Gasteiger partial charge in [0.25, 0.3) is 5.56 Å². The first-order valence-electron chi connectivity index (χ1n) is 10.1. The molecule has 26 heavy (non-hydrogen) atoms. The molecule has 2 aliphatic carbocycles. The van der Waals surface area contributed by atoms with E-state index in [0.29, 0.717) is 36.1 Å². The number of hydrogen-bond acceptors (Lipinski definition) is 4. The topological polar surface area (TPSA) is 98.7 Å². The van der Waals surface area contributed by atoms with Crippen molar-refractivity contribution >= 4 is 17.1 Å². The van der Waals surface area contributed by atoms with Crippen LogP contribution in [0.25, 0.3) is 11.2 Å². The molecule has 7 nitrogen and oxygen atoms in total. The molecule has 0 aliphatic heterocycles. The molecular weight excluding hydrogens is 330 g/mol. The van der Waals surface area contributed by atoms with E-state index in [4.69, 9.17) is 5.73 Å². The molecule has 2 aromatic heterocycles. The second-order valence-corrected chi connectivity index (χ2v) is 8.14. The molecule has 2 fully saturated rings. The van der Waals surface area contributed by atoms with Crippen LogP contribution >= 0.6 is 0 Å². The molecule has 2 aliphatic rings. The van der Waals surface area contributed by atoms with Gasteiger partial charge in [0.05, 0.1) is 0 Å². The molecule has 2 heterocycles. The Labute approximate surface area is 152 Å². The third-order valence-corrected chi connectivity index (χ3v) is 6.21. The first kappa shape index (κ1) is 17.4. The maximum atomic E-state index is 13.2. The van der Waals surface area contributed by atoms with Crippen LogP contribution in [-0.2, 0) is 13.1 Å². The van der Waals surface area contributed by atoms with Crippen LogP contribution in [0.4, 0.5) is 5.95 Å². The van der Waals surface area contributed by atoms with Crippen molar-refractivity contribution in [2.45, 2.75) is 77.3 Å². The Morgan fingerprint density at radius 2 is 1.42 bits per heavy atom. The van der Waals surface area contributed by atoms with Crippen LogP contribution in [0.5, 0.6) is 0 Å². The maximum absolute atomic E-state index is 13.2. The monoisotopic (exact) mass is 359 g/mol. The Kier molecular flexibility index (Phi) is 4.87. The summed E-state index contributed by atoms with van der Waals surface area (Å²) in [6, 6.07) is 0. The molecule has 0 saturated heterocycles. The fourth-order valence-corrected chi connectivity index (χ4v) is 4.77. The van der Waals surface area contributed by atoms with Crippen LogP contribution < -0.4 is 17.0 Å². The number of aromatic amines is 1. The molecule has 0 aromatic carbocycles. The van der Waals surface area contributed by atoms with E-state index in [1.54, 1.807) is 4.57 Å². The van der Waals surface area contributed by atoms with Gasteiger partial charge in [0.15, 0.2) is 17.1 Å². The summed E-state index contributed by atoms with van der Waals surface area (Å²) in [5.74, 6) is 1.09. The minimum Gasteiger partial charge on any atom is -0.369 e. The van der Waals surface area contributed by atoms with Gasteiger partial charge in [-0.15, -0.1) is 0 Å². The molecule has 142 valence electrons. The molecule has 0 spiro atoms. The molecule has 7 heteroatoms. The summed E-state index contributed by atoms with van der Waals surface area (Å²) in [5.41, 5.74) is 6.11. The molecule has 2 aromatic rings. The lowest BCUT2D eigenvalue weighted by molar-refractivity contribution is 0.296. The third kappa shape index (κ3) is 3.31. The van der Waals surface area contributed by atoms with Gasteiger partial charge >= 0.3 is 5.69 Å². The quantitative estimate of drug-likeness (QED) is 0.876. The zero-order valence-corrected chi connectivity index (χ0v) is 15.4. The zero-order chi connectivity index (χ0) is 18.1. The van der Waals surface area contributed by atoms with Gasteiger partial charge in [-0.3, -0.25) is 13.9 Å². The maximum Gasteiger partial charge on any atom is 0.332 e. The first-order chi connectivity index (χ1) is 12.6. The summed E-state index contributed by atoms with van der Waals surface area (Å²) in [7, 11) is 0. The van der Waals surface area contributed by atoms with Crippen molar-refractivity contribution < 1.29 is 0 Å². The number of hydrogen-bond donors (Lipinski definition) is 2. The highest BCUT2D eigenvalue weighted by atomic mass is 16.2. The van der Waals surface area contributed by atoms with Gasteiger partial charge in [-0.25, -0.2) is 4.79 Å². The van der Waals surface area contributed by atoms with Gasteiger partial charge in [-0.1, -0.05) is 38.5 Å². The van der Waals surface area contributed by atoms with Crippen molar-refractivity contribution in [1.29, 1.82) is 0 Å². The second kappa shape index (κ2) is 7.29. The molecule has 0 bridgehead atoms. The standard InChI is InChI=1S/C19H29N5O2/c20-18-21-15-16(22-18)23(11-13-7-3-1-4-8-13)19(26)24(17(15)25)12-14-9-5-2-6-10-14/h13-14H,1-12H2,(H3,20,21,22). The molecule has 0 radical (unpaired) electrons. The van der Waals surface area contributed by atoms with Crippen molar-refractivity contribution in [2.75, 3.05) is 5.73 Å². The van der Waals surface area contributed by atoms with Crippen LogP contribution in [0.1, 0.15) is 64.2 Å². The smallest absolute Gasteiger partial charge is 0.332 e. The number of anilines is 1. The van der Waals surface area contributed by atoms with Crippen LogP contribution in [0.3, 0.4) is 0 Å². The van der Waals surface area contributed by atoms with Crippen molar-refractivity contribution in [3.05, 3.63) is 20.8 Å². The zero-order valence-electron chi connectivity index (χ0n) is 15.4. The molecular formula is C19H29N5O2. The van der Waals surface area contributed by atoms with Gasteiger partial charge in [0.2, 0.25) is 0 Å². The molecule has 3 N–H and O–H groups in total. The molecule has 0 amide bonds. The first-order valence-corrected chi connectivity index (χ1v) is 10.1. The third-order valence-electron chi connectivity index (χ3n) is 6.21. The van der Waals surface area contributed by atoms with Crippen molar-refractivity contribution in [1.82, 2.24) is 19.1 Å². The average molecular weight is 359 g/mol. The molecule has 4 rings (SSSR count). The van der Waals surface area contributed by atoms with Gasteiger partial charge in [0.1, 0.15) is 0 Å². The highest BCUT2D eigenvalue weighted by Gasteiger charge is 2.23. The van der Waals surface area contributed by atoms with Crippen molar-refractivity contribution in [3.8, 4) is 0 Å². The fourth-order valence-electron chi connectivity index (χ4n) is 4.77. The number of aromatic nitrogens is 4. The van der Waals surface area contributed by atoms with E-state index in [1.165, 1.54) is 43.1 Å². The summed E-state index contributed by atoms with van der Waals surface area (Å²) in [4.78, 5) is 33.2. The average Bonchev–Trinajstić information content (AvgIpc) is 3.06. The van der Waals surface area contributed by atoms with Crippen LogP contribution in [-0.4, -0.2) is 19.1 Å². The fraction of sp³-hybridized carbons (Fsp3) is 0.737. The number of imidazole rings is 1. The second-order valence-electron chi connectivity index (χ2n) is 8.14. The lowest BCUT2D eigenvalue weighted by atomic mass is 9.89. The van der Waals surface area contributed by atoms with Crippen LogP contribution in [0.15, 0.2) is 9.59 Å². The Hall–Kier alpha value is -2.05. The van der Waals surface area contributed by atoms with E-state index >= 15 is 0 Å². The number of H-pyrrole nitrogens is 1. The van der Waals surface area contributed by atoms with Crippen LogP contribution in [0.2, 0.25) is 0 Å². The van der Waals surface area contributed by atoms with Gasteiger partial charge in [-0.05, 0) is 37.5 Å². The largest absolute Gasteiger partial charge is 0.369 e. The number of nitrogens with two attached hydrogens (primary N) is 1. The Bertz CT molecular complexity index is 882. The van der Waals surface area contributed by atoms with E-state index in [1.807, 2.05) is 0 Å². The van der Waals surface area contributed by atoms with E-state index in [9.17, 15) is 9.59 Å². The number of nitrogen functional groups attached to an aromatic ring is 1. The summed E-state index contributed by atoms with van der Waals surface area (Å²) in [6.07, 6.45) is 11.8. The SMILES string of the molecule is Nc1nc2c([nH]1)c(=O)n(CC1CCCCC1)c(=O)n2CC1CCCCC1. The summed E-state index contributed by atoms with van der Waals surface area (Å²) in [6.45, 7) is 1.14. The van der Waals surface area contributed by atoms with E-state index in [2.05, 4.69) is 9.97 Å². The van der Waals surface area contributed by atoms with Crippen LogP contribution in [0, 0.1) is 11.8 Å². The number of nitrogens with zero attached hydrogens (tertiary/aromatic N) is 3. The molecule has 0 unspecified atom stereocenters. The summed E-state index contributed by atoms with van der Waals surface area (Å²) < 4.78 is 3.13. The summed E-state index contributed by atoms with van der Waals surface area (Å²) >= 11 is 0. The predicted octanol–water partition coefficient (Wildman–Crippen LogP) is 2.63. The lowest BCUT2D eigenvalue weighted by Gasteiger charge is -2.24. The minimum absolute atomic E-state index is 0.198. The molecule has 0 atom stereocenters.